The normalized spacial score (nSPS) is 17.9. The Kier molecular flexibility index (Phi) is 5.99. The van der Waals surface area contributed by atoms with Crippen LogP contribution in [0.2, 0.25) is 0 Å². The number of nitrogens with one attached hydrogen (secondary N) is 2. The van der Waals surface area contributed by atoms with Crippen molar-refractivity contribution in [2.75, 3.05) is 33.4 Å². The second-order valence-corrected chi connectivity index (χ2v) is 6.54. The molecule has 130 valence electrons. The zero-order chi connectivity index (χ0) is 16.9. The Morgan fingerprint density at radius 1 is 1.48 bits per heavy atom. The van der Waals surface area contributed by atoms with E-state index in [-0.39, 0.29) is 18.9 Å². The van der Waals surface area contributed by atoms with Gasteiger partial charge in [-0.2, -0.15) is 13.2 Å². The van der Waals surface area contributed by atoms with Gasteiger partial charge >= 0.3 is 6.18 Å². The number of carbonyl (C=O) groups excluding carboxylic acids is 1. The van der Waals surface area contributed by atoms with Gasteiger partial charge in [0.15, 0.2) is 5.69 Å². The highest BCUT2D eigenvalue weighted by Crippen LogP contribution is 2.31. The quantitative estimate of drug-likeness (QED) is 0.821. The van der Waals surface area contributed by atoms with E-state index in [4.69, 9.17) is 4.74 Å². The molecule has 1 aromatic heterocycles. The van der Waals surface area contributed by atoms with E-state index in [9.17, 15) is 18.0 Å². The Hall–Kier alpha value is -1.19. The molecule has 0 unspecified atom stereocenters. The maximum atomic E-state index is 12.5. The SMILES string of the molecule is COCC1(C(=O)NCCc2nc(C(F)(F)F)cs2)CCNCC1. The molecule has 0 radical (unpaired) electrons. The third-order valence-electron chi connectivity index (χ3n) is 3.93. The second-order valence-electron chi connectivity index (χ2n) is 5.59. The van der Waals surface area contributed by atoms with E-state index in [0.717, 1.165) is 29.8 Å². The van der Waals surface area contributed by atoms with E-state index in [1.165, 1.54) is 0 Å². The fourth-order valence-corrected chi connectivity index (χ4v) is 3.45. The lowest BCUT2D eigenvalue weighted by Crippen LogP contribution is -2.50. The zero-order valence-electron chi connectivity index (χ0n) is 12.8. The van der Waals surface area contributed by atoms with Crippen LogP contribution in [-0.2, 0) is 22.1 Å². The predicted octanol–water partition coefficient (Wildman–Crippen LogP) is 1.84. The second kappa shape index (κ2) is 7.59. The maximum absolute atomic E-state index is 12.5. The number of carbonyl (C=O) groups is 1. The molecule has 1 amide bonds. The van der Waals surface area contributed by atoms with Crippen molar-refractivity contribution in [3.8, 4) is 0 Å². The van der Waals surface area contributed by atoms with Crippen molar-refractivity contribution in [3.05, 3.63) is 16.1 Å². The number of amides is 1. The first-order valence-electron chi connectivity index (χ1n) is 7.37. The van der Waals surface area contributed by atoms with Crippen molar-refractivity contribution in [3.63, 3.8) is 0 Å². The molecule has 0 aromatic carbocycles. The number of thiazole rings is 1. The number of piperidine rings is 1. The molecule has 5 nitrogen and oxygen atoms in total. The Bertz CT molecular complexity index is 522. The molecular weight excluding hydrogens is 331 g/mol. The van der Waals surface area contributed by atoms with E-state index < -0.39 is 17.3 Å². The van der Waals surface area contributed by atoms with Crippen molar-refractivity contribution in [2.24, 2.45) is 5.41 Å². The summed E-state index contributed by atoms with van der Waals surface area (Å²) in [4.78, 5) is 16.0. The first-order valence-corrected chi connectivity index (χ1v) is 8.25. The van der Waals surface area contributed by atoms with Gasteiger partial charge < -0.3 is 15.4 Å². The van der Waals surface area contributed by atoms with Crippen LogP contribution in [0.15, 0.2) is 5.38 Å². The summed E-state index contributed by atoms with van der Waals surface area (Å²) < 4.78 is 42.6. The molecule has 0 atom stereocenters. The molecule has 0 spiro atoms. The van der Waals surface area contributed by atoms with Crippen molar-refractivity contribution in [1.29, 1.82) is 0 Å². The fraction of sp³-hybridized carbons (Fsp3) is 0.714. The lowest BCUT2D eigenvalue weighted by Gasteiger charge is -2.35. The number of halogens is 3. The van der Waals surface area contributed by atoms with E-state index in [0.29, 0.717) is 24.5 Å². The lowest BCUT2D eigenvalue weighted by molar-refractivity contribution is -0.141. The molecule has 9 heteroatoms. The first kappa shape index (κ1) is 18.2. The molecule has 1 saturated heterocycles. The molecule has 0 saturated carbocycles. The monoisotopic (exact) mass is 351 g/mol. The van der Waals surface area contributed by atoms with Crippen molar-refractivity contribution in [1.82, 2.24) is 15.6 Å². The van der Waals surface area contributed by atoms with Gasteiger partial charge in [-0.15, -0.1) is 11.3 Å². The minimum absolute atomic E-state index is 0.103. The molecular formula is C14H20F3N3O2S. The number of nitrogens with zero attached hydrogens (tertiary/aromatic N) is 1. The number of ether oxygens (including phenoxy) is 1. The van der Waals surface area contributed by atoms with Gasteiger partial charge in [0.1, 0.15) is 0 Å². The fourth-order valence-electron chi connectivity index (χ4n) is 2.64. The van der Waals surface area contributed by atoms with E-state index in [2.05, 4.69) is 15.6 Å². The van der Waals surface area contributed by atoms with E-state index >= 15 is 0 Å². The van der Waals surface area contributed by atoms with Crippen LogP contribution in [0.4, 0.5) is 13.2 Å². The van der Waals surface area contributed by atoms with Crippen molar-refractivity contribution >= 4 is 17.2 Å². The highest BCUT2D eigenvalue weighted by atomic mass is 32.1. The van der Waals surface area contributed by atoms with Crippen LogP contribution in [-0.4, -0.2) is 44.2 Å². The summed E-state index contributed by atoms with van der Waals surface area (Å²) in [5, 5.41) is 7.38. The van der Waals surface area contributed by atoms with Crippen LogP contribution in [0.3, 0.4) is 0 Å². The minimum atomic E-state index is -4.42. The van der Waals surface area contributed by atoms with Crippen LogP contribution in [0.1, 0.15) is 23.5 Å². The summed E-state index contributed by atoms with van der Waals surface area (Å²) in [6, 6.07) is 0. The molecule has 1 aliphatic heterocycles. The number of aromatic nitrogens is 1. The summed E-state index contributed by atoms with van der Waals surface area (Å²) in [5.74, 6) is -0.103. The summed E-state index contributed by atoms with van der Waals surface area (Å²) in [6.45, 7) is 2.11. The molecule has 0 bridgehead atoms. The molecule has 2 heterocycles. The number of hydrogen-bond donors (Lipinski definition) is 2. The van der Waals surface area contributed by atoms with Gasteiger partial charge in [0, 0.05) is 25.5 Å². The predicted molar refractivity (Wildman–Crippen MR) is 80.2 cm³/mol. The zero-order valence-corrected chi connectivity index (χ0v) is 13.6. The Morgan fingerprint density at radius 3 is 2.74 bits per heavy atom. The van der Waals surface area contributed by atoms with Crippen molar-refractivity contribution < 1.29 is 22.7 Å². The number of hydrogen-bond acceptors (Lipinski definition) is 5. The van der Waals surface area contributed by atoms with Crippen LogP contribution in [0.5, 0.6) is 0 Å². The Balaban J connectivity index is 1.87. The summed E-state index contributed by atoms with van der Waals surface area (Å²) in [7, 11) is 1.56. The largest absolute Gasteiger partial charge is 0.434 e. The van der Waals surface area contributed by atoms with Gasteiger partial charge in [0.2, 0.25) is 5.91 Å². The average molecular weight is 351 g/mol. The molecule has 1 fully saturated rings. The number of methoxy groups -OCH3 is 1. The number of rotatable bonds is 6. The third kappa shape index (κ3) is 4.65. The van der Waals surface area contributed by atoms with Crippen LogP contribution in [0, 0.1) is 5.41 Å². The standard InChI is InChI=1S/C14H20F3N3O2S/c1-22-9-13(3-6-18-7-4-13)12(21)19-5-2-11-20-10(8-23-11)14(15,16)17/h8,18H,2-7,9H2,1H3,(H,19,21). The third-order valence-corrected chi connectivity index (χ3v) is 4.84. The van der Waals surface area contributed by atoms with E-state index in [1.807, 2.05) is 0 Å². The first-order chi connectivity index (χ1) is 10.9. The lowest BCUT2D eigenvalue weighted by atomic mass is 9.78. The minimum Gasteiger partial charge on any atom is -0.384 e. The molecule has 2 rings (SSSR count). The van der Waals surface area contributed by atoms with Crippen LogP contribution >= 0.6 is 11.3 Å². The summed E-state index contributed by atoms with van der Waals surface area (Å²) >= 11 is 0.956. The Labute approximate surface area is 136 Å². The van der Waals surface area contributed by atoms with E-state index in [1.54, 1.807) is 7.11 Å². The average Bonchev–Trinajstić information content (AvgIpc) is 2.97. The number of alkyl halides is 3. The molecule has 1 aliphatic rings. The van der Waals surface area contributed by atoms with Gasteiger partial charge in [-0.25, -0.2) is 4.98 Å². The molecule has 0 aliphatic carbocycles. The van der Waals surface area contributed by atoms with Gasteiger partial charge in [-0.1, -0.05) is 0 Å². The Morgan fingerprint density at radius 2 is 2.17 bits per heavy atom. The van der Waals surface area contributed by atoms with Crippen molar-refractivity contribution in [2.45, 2.75) is 25.4 Å². The molecule has 2 N–H and O–H groups in total. The smallest absolute Gasteiger partial charge is 0.384 e. The molecule has 23 heavy (non-hydrogen) atoms. The summed E-state index contributed by atoms with van der Waals surface area (Å²) in [6.07, 6.45) is -2.77. The van der Waals surface area contributed by atoms with Gasteiger partial charge in [-0.3, -0.25) is 4.79 Å². The summed E-state index contributed by atoms with van der Waals surface area (Å²) in [5.41, 5.74) is -1.43. The topological polar surface area (TPSA) is 63.2 Å². The molecule has 1 aromatic rings. The van der Waals surface area contributed by atoms with Crippen LogP contribution in [0.25, 0.3) is 0 Å². The highest BCUT2D eigenvalue weighted by Gasteiger charge is 2.39. The maximum Gasteiger partial charge on any atom is 0.434 e. The van der Waals surface area contributed by atoms with Crippen LogP contribution < -0.4 is 10.6 Å². The van der Waals surface area contributed by atoms with Gasteiger partial charge in [0.05, 0.1) is 17.0 Å². The van der Waals surface area contributed by atoms with Gasteiger partial charge in [0.25, 0.3) is 0 Å². The highest BCUT2D eigenvalue weighted by molar-refractivity contribution is 7.09. The van der Waals surface area contributed by atoms with Gasteiger partial charge in [-0.05, 0) is 25.9 Å².